The maximum absolute atomic E-state index is 13.0. The monoisotopic (exact) mass is 449 g/mol. The Balaban J connectivity index is 1.39. The SMILES string of the molecule is CCOC(=O)N1CCC(NC(=O)CCCn2c3ccccc3c(=O)c3cc(C)ccc32)CC1. The molecule has 0 spiro atoms. The molecule has 1 N–H and O–H groups in total. The number of amides is 2. The molecule has 7 nitrogen and oxygen atoms in total. The van der Waals surface area contributed by atoms with Crippen molar-refractivity contribution < 1.29 is 14.3 Å². The van der Waals surface area contributed by atoms with E-state index in [9.17, 15) is 14.4 Å². The van der Waals surface area contributed by atoms with E-state index in [2.05, 4.69) is 9.88 Å². The number of rotatable bonds is 6. The van der Waals surface area contributed by atoms with E-state index in [1.165, 1.54) is 0 Å². The van der Waals surface area contributed by atoms with Crippen LogP contribution < -0.4 is 10.7 Å². The number of aromatic nitrogens is 1. The van der Waals surface area contributed by atoms with E-state index in [0.29, 0.717) is 49.9 Å². The lowest BCUT2D eigenvalue weighted by Gasteiger charge is -2.31. The summed E-state index contributed by atoms with van der Waals surface area (Å²) in [7, 11) is 0. The average molecular weight is 450 g/mol. The first-order valence-corrected chi connectivity index (χ1v) is 11.7. The van der Waals surface area contributed by atoms with E-state index in [-0.39, 0.29) is 23.5 Å². The zero-order chi connectivity index (χ0) is 23.4. The van der Waals surface area contributed by atoms with Crippen LogP contribution in [0.2, 0.25) is 0 Å². The van der Waals surface area contributed by atoms with Crippen molar-refractivity contribution in [2.24, 2.45) is 0 Å². The van der Waals surface area contributed by atoms with Crippen LogP contribution in [0, 0.1) is 6.92 Å². The number of hydrogen-bond donors (Lipinski definition) is 1. The molecule has 4 rings (SSSR count). The number of carbonyl (C=O) groups is 2. The quantitative estimate of drug-likeness (QED) is 0.577. The number of hydrogen-bond acceptors (Lipinski definition) is 4. The fourth-order valence-electron chi connectivity index (χ4n) is 4.60. The largest absolute Gasteiger partial charge is 0.450 e. The van der Waals surface area contributed by atoms with Gasteiger partial charge < -0.3 is 19.5 Å². The van der Waals surface area contributed by atoms with Gasteiger partial charge in [-0.1, -0.05) is 23.8 Å². The molecule has 0 bridgehead atoms. The van der Waals surface area contributed by atoms with Crippen LogP contribution in [0.15, 0.2) is 47.3 Å². The lowest BCUT2D eigenvalue weighted by Crippen LogP contribution is -2.46. The van der Waals surface area contributed by atoms with Crippen LogP contribution in [-0.4, -0.2) is 47.2 Å². The van der Waals surface area contributed by atoms with E-state index in [0.717, 1.165) is 29.4 Å². The van der Waals surface area contributed by atoms with E-state index in [4.69, 9.17) is 4.74 Å². The Morgan fingerprint density at radius 1 is 1.06 bits per heavy atom. The molecule has 174 valence electrons. The highest BCUT2D eigenvalue weighted by atomic mass is 16.6. The number of aryl methyl sites for hydroxylation is 2. The second-order valence-electron chi connectivity index (χ2n) is 8.65. The highest BCUT2D eigenvalue weighted by Crippen LogP contribution is 2.21. The Kier molecular flexibility index (Phi) is 6.96. The standard InChI is InChI=1S/C26H31N3O4/c1-3-33-26(32)28-15-12-19(13-16-28)27-24(30)9-6-14-29-22-8-5-4-7-20(22)25(31)21-17-18(2)10-11-23(21)29/h4-5,7-8,10-11,17,19H,3,6,9,12-16H2,1-2H3,(H,27,30). The number of pyridine rings is 1. The van der Waals surface area contributed by atoms with Gasteiger partial charge in [0.25, 0.3) is 0 Å². The van der Waals surface area contributed by atoms with Crippen molar-refractivity contribution in [3.8, 4) is 0 Å². The fraction of sp³-hybridized carbons (Fsp3) is 0.423. The lowest BCUT2D eigenvalue weighted by atomic mass is 10.0. The topological polar surface area (TPSA) is 80.6 Å². The summed E-state index contributed by atoms with van der Waals surface area (Å²) in [4.78, 5) is 39.1. The Morgan fingerprint density at radius 2 is 1.79 bits per heavy atom. The first kappa shape index (κ1) is 22.8. The van der Waals surface area contributed by atoms with Gasteiger partial charge >= 0.3 is 6.09 Å². The summed E-state index contributed by atoms with van der Waals surface area (Å²) in [5, 5.41) is 4.53. The van der Waals surface area contributed by atoms with Gasteiger partial charge in [0, 0.05) is 42.9 Å². The van der Waals surface area contributed by atoms with Crippen LogP contribution in [0.3, 0.4) is 0 Å². The Morgan fingerprint density at radius 3 is 2.55 bits per heavy atom. The van der Waals surface area contributed by atoms with Gasteiger partial charge in [-0.15, -0.1) is 0 Å². The fourth-order valence-corrected chi connectivity index (χ4v) is 4.60. The first-order chi connectivity index (χ1) is 16.0. The van der Waals surface area contributed by atoms with Crippen molar-refractivity contribution in [1.82, 2.24) is 14.8 Å². The highest BCUT2D eigenvalue weighted by molar-refractivity contribution is 5.93. The summed E-state index contributed by atoms with van der Waals surface area (Å²) in [6.45, 7) is 5.99. The molecule has 2 heterocycles. The van der Waals surface area contributed by atoms with Crippen molar-refractivity contribution in [3.63, 3.8) is 0 Å². The molecule has 1 aliphatic heterocycles. The van der Waals surface area contributed by atoms with Crippen LogP contribution in [0.5, 0.6) is 0 Å². The van der Waals surface area contributed by atoms with Crippen molar-refractivity contribution in [2.45, 2.75) is 52.1 Å². The summed E-state index contributed by atoms with van der Waals surface area (Å²) in [6.07, 6.45) is 2.27. The Labute approximate surface area is 193 Å². The minimum Gasteiger partial charge on any atom is -0.450 e. The summed E-state index contributed by atoms with van der Waals surface area (Å²) in [6, 6.07) is 13.7. The van der Waals surface area contributed by atoms with Gasteiger partial charge in [0.1, 0.15) is 0 Å². The maximum Gasteiger partial charge on any atom is 0.409 e. The number of nitrogens with zero attached hydrogens (tertiary/aromatic N) is 2. The summed E-state index contributed by atoms with van der Waals surface area (Å²) in [5.41, 5.74) is 2.89. The molecule has 1 aliphatic rings. The number of nitrogens with one attached hydrogen (secondary N) is 1. The van der Waals surface area contributed by atoms with E-state index in [1.807, 2.05) is 49.4 Å². The predicted molar refractivity (Wildman–Crippen MR) is 129 cm³/mol. The third kappa shape index (κ3) is 5.02. The third-order valence-corrected chi connectivity index (χ3v) is 6.30. The Hall–Kier alpha value is -3.35. The minimum absolute atomic E-state index is 0.0232. The third-order valence-electron chi connectivity index (χ3n) is 6.30. The zero-order valence-electron chi connectivity index (χ0n) is 19.3. The average Bonchev–Trinajstić information content (AvgIpc) is 2.82. The van der Waals surface area contributed by atoms with Crippen molar-refractivity contribution in [3.05, 3.63) is 58.3 Å². The number of likely N-dealkylation sites (tertiary alicyclic amines) is 1. The molecule has 0 radical (unpaired) electrons. The Bertz CT molecular complexity index is 1230. The van der Waals surface area contributed by atoms with Crippen molar-refractivity contribution in [1.29, 1.82) is 0 Å². The number of fused-ring (bicyclic) bond motifs is 2. The van der Waals surface area contributed by atoms with Gasteiger partial charge in [-0.3, -0.25) is 9.59 Å². The number of ether oxygens (including phenoxy) is 1. The molecule has 0 aliphatic carbocycles. The molecule has 0 saturated carbocycles. The summed E-state index contributed by atoms with van der Waals surface area (Å²) < 4.78 is 7.19. The van der Waals surface area contributed by atoms with Gasteiger partial charge in [0.05, 0.1) is 17.6 Å². The van der Waals surface area contributed by atoms with Crippen LogP contribution in [-0.2, 0) is 16.1 Å². The molecule has 1 aromatic heterocycles. The molecule has 7 heteroatoms. The van der Waals surface area contributed by atoms with Gasteiger partial charge in [0.2, 0.25) is 5.91 Å². The molecule has 0 atom stereocenters. The van der Waals surface area contributed by atoms with E-state index in [1.54, 1.807) is 11.8 Å². The number of carbonyl (C=O) groups excluding carboxylic acids is 2. The second-order valence-corrected chi connectivity index (χ2v) is 8.65. The van der Waals surface area contributed by atoms with Gasteiger partial charge in [0.15, 0.2) is 5.43 Å². The summed E-state index contributed by atoms with van der Waals surface area (Å²) >= 11 is 0. The number of piperidine rings is 1. The van der Waals surface area contributed by atoms with Crippen molar-refractivity contribution in [2.75, 3.05) is 19.7 Å². The molecular weight excluding hydrogens is 418 g/mol. The normalized spacial score (nSPS) is 14.5. The second kappa shape index (κ2) is 10.1. The van der Waals surface area contributed by atoms with Crippen LogP contribution >= 0.6 is 0 Å². The van der Waals surface area contributed by atoms with Gasteiger partial charge in [-0.05, 0) is 57.4 Å². The molecule has 1 saturated heterocycles. The number of benzene rings is 2. The molecule has 1 fully saturated rings. The first-order valence-electron chi connectivity index (χ1n) is 11.7. The van der Waals surface area contributed by atoms with E-state index >= 15 is 0 Å². The van der Waals surface area contributed by atoms with E-state index < -0.39 is 0 Å². The predicted octanol–water partition coefficient (Wildman–Crippen LogP) is 3.98. The lowest BCUT2D eigenvalue weighted by molar-refractivity contribution is -0.122. The van der Waals surface area contributed by atoms with Crippen LogP contribution in [0.4, 0.5) is 4.79 Å². The molecule has 2 amide bonds. The van der Waals surface area contributed by atoms with Crippen LogP contribution in [0.25, 0.3) is 21.8 Å². The summed E-state index contributed by atoms with van der Waals surface area (Å²) in [5.74, 6) is 0.0232. The van der Waals surface area contributed by atoms with Crippen molar-refractivity contribution >= 4 is 33.8 Å². The molecule has 0 unspecified atom stereocenters. The maximum atomic E-state index is 13.0. The highest BCUT2D eigenvalue weighted by Gasteiger charge is 2.24. The van der Waals surface area contributed by atoms with Crippen LogP contribution in [0.1, 0.15) is 38.2 Å². The molecule has 3 aromatic rings. The molecular formula is C26H31N3O4. The smallest absolute Gasteiger partial charge is 0.409 e. The zero-order valence-corrected chi connectivity index (χ0v) is 19.3. The van der Waals surface area contributed by atoms with Gasteiger partial charge in [-0.2, -0.15) is 0 Å². The molecule has 2 aromatic carbocycles. The van der Waals surface area contributed by atoms with Gasteiger partial charge in [-0.25, -0.2) is 4.79 Å². The minimum atomic E-state index is -0.280. The number of para-hydroxylation sites is 1. The molecule has 33 heavy (non-hydrogen) atoms.